The summed E-state index contributed by atoms with van der Waals surface area (Å²) in [5, 5.41) is 0. The van der Waals surface area contributed by atoms with E-state index in [4.69, 9.17) is 10.5 Å². The molecule has 0 amide bonds. The van der Waals surface area contributed by atoms with Crippen LogP contribution in [0.15, 0.2) is 0 Å². The van der Waals surface area contributed by atoms with Crippen molar-refractivity contribution in [3.05, 3.63) is 0 Å². The van der Waals surface area contributed by atoms with Gasteiger partial charge in [0.2, 0.25) is 5.92 Å². The number of hydrogen-bond acceptors (Lipinski definition) is 3. The van der Waals surface area contributed by atoms with Crippen LogP contribution in [0.25, 0.3) is 0 Å². The minimum atomic E-state index is -2.54. The predicted octanol–water partition coefficient (Wildman–Crippen LogP) is 2.09. The highest BCUT2D eigenvalue weighted by Gasteiger charge is 2.37. The van der Waals surface area contributed by atoms with E-state index in [1.165, 1.54) is 0 Å². The van der Waals surface area contributed by atoms with Crippen molar-refractivity contribution in [2.75, 3.05) is 6.61 Å². The standard InChI is InChI=1S/C11H19F2NO2/c1-2-16-10(15)7-9(14)8-3-5-11(12,13)6-4-8/h8-9H,2-7,14H2,1H3. The van der Waals surface area contributed by atoms with Crippen LogP contribution in [0.2, 0.25) is 0 Å². The smallest absolute Gasteiger partial charge is 0.307 e. The fourth-order valence-corrected chi connectivity index (χ4v) is 2.07. The summed E-state index contributed by atoms with van der Waals surface area (Å²) in [5.41, 5.74) is 5.82. The average Bonchev–Trinajstić information content (AvgIpc) is 2.17. The van der Waals surface area contributed by atoms with Gasteiger partial charge in [-0.05, 0) is 25.7 Å². The van der Waals surface area contributed by atoms with Crippen molar-refractivity contribution in [2.24, 2.45) is 11.7 Å². The first-order valence-electron chi connectivity index (χ1n) is 5.73. The summed E-state index contributed by atoms with van der Waals surface area (Å²) < 4.78 is 30.6. The lowest BCUT2D eigenvalue weighted by Crippen LogP contribution is -2.37. The lowest BCUT2D eigenvalue weighted by molar-refractivity contribution is -0.144. The molecule has 0 aromatic carbocycles. The van der Waals surface area contributed by atoms with Gasteiger partial charge in [-0.2, -0.15) is 0 Å². The van der Waals surface area contributed by atoms with Crippen LogP contribution in [0.1, 0.15) is 39.0 Å². The number of esters is 1. The Morgan fingerprint density at radius 3 is 2.56 bits per heavy atom. The molecule has 0 aromatic heterocycles. The highest BCUT2D eigenvalue weighted by molar-refractivity contribution is 5.70. The molecule has 1 atom stereocenters. The monoisotopic (exact) mass is 235 g/mol. The van der Waals surface area contributed by atoms with Gasteiger partial charge in [-0.25, -0.2) is 8.78 Å². The highest BCUT2D eigenvalue weighted by atomic mass is 19.3. The van der Waals surface area contributed by atoms with Gasteiger partial charge in [0.25, 0.3) is 0 Å². The topological polar surface area (TPSA) is 52.3 Å². The number of halogens is 2. The summed E-state index contributed by atoms with van der Waals surface area (Å²) >= 11 is 0. The van der Waals surface area contributed by atoms with E-state index in [0.29, 0.717) is 19.4 Å². The number of carbonyl (C=O) groups excluding carboxylic acids is 1. The number of hydrogen-bond donors (Lipinski definition) is 1. The van der Waals surface area contributed by atoms with Crippen molar-refractivity contribution in [1.29, 1.82) is 0 Å². The Kier molecular flexibility index (Phi) is 4.65. The lowest BCUT2D eigenvalue weighted by atomic mass is 9.81. The second-order valence-corrected chi connectivity index (χ2v) is 4.37. The molecule has 1 saturated carbocycles. The second kappa shape index (κ2) is 5.57. The highest BCUT2D eigenvalue weighted by Crippen LogP contribution is 2.37. The molecule has 2 N–H and O–H groups in total. The quantitative estimate of drug-likeness (QED) is 0.759. The molecule has 0 spiro atoms. The van der Waals surface area contributed by atoms with Crippen LogP contribution in [-0.4, -0.2) is 24.5 Å². The zero-order chi connectivity index (χ0) is 12.2. The van der Waals surface area contributed by atoms with Crippen molar-refractivity contribution >= 4 is 5.97 Å². The van der Waals surface area contributed by atoms with Crippen molar-refractivity contribution in [1.82, 2.24) is 0 Å². The molecule has 3 nitrogen and oxygen atoms in total. The third-order valence-corrected chi connectivity index (χ3v) is 3.07. The molecule has 0 radical (unpaired) electrons. The molecule has 1 aliphatic carbocycles. The molecule has 0 bridgehead atoms. The molecule has 1 aliphatic rings. The van der Waals surface area contributed by atoms with E-state index in [-0.39, 0.29) is 37.2 Å². The van der Waals surface area contributed by atoms with Crippen LogP contribution in [0.3, 0.4) is 0 Å². The van der Waals surface area contributed by atoms with Crippen molar-refractivity contribution in [3.8, 4) is 0 Å². The predicted molar refractivity (Wildman–Crippen MR) is 56.1 cm³/mol. The van der Waals surface area contributed by atoms with Crippen LogP contribution in [0.4, 0.5) is 8.78 Å². The maximum absolute atomic E-state index is 12.9. The van der Waals surface area contributed by atoms with Crippen molar-refractivity contribution in [3.63, 3.8) is 0 Å². The summed E-state index contributed by atoms with van der Waals surface area (Å²) in [7, 11) is 0. The molecule has 1 rings (SSSR count). The largest absolute Gasteiger partial charge is 0.466 e. The van der Waals surface area contributed by atoms with Gasteiger partial charge >= 0.3 is 5.97 Å². The molecule has 1 unspecified atom stereocenters. The van der Waals surface area contributed by atoms with Crippen LogP contribution in [0.5, 0.6) is 0 Å². The SMILES string of the molecule is CCOC(=O)CC(N)C1CCC(F)(F)CC1. The van der Waals surface area contributed by atoms with Crippen molar-refractivity contribution < 1.29 is 18.3 Å². The maximum atomic E-state index is 12.9. The van der Waals surface area contributed by atoms with Gasteiger partial charge in [-0.15, -0.1) is 0 Å². The molecule has 1 fully saturated rings. The van der Waals surface area contributed by atoms with Crippen LogP contribution < -0.4 is 5.73 Å². The van der Waals surface area contributed by atoms with E-state index in [9.17, 15) is 13.6 Å². The lowest BCUT2D eigenvalue weighted by Gasteiger charge is -2.31. The van der Waals surface area contributed by atoms with Gasteiger partial charge in [-0.1, -0.05) is 0 Å². The first kappa shape index (κ1) is 13.4. The molecule has 16 heavy (non-hydrogen) atoms. The fraction of sp³-hybridized carbons (Fsp3) is 0.909. The first-order chi connectivity index (χ1) is 7.44. The van der Waals surface area contributed by atoms with Crippen molar-refractivity contribution in [2.45, 2.75) is 51.0 Å². The summed E-state index contributed by atoms with van der Waals surface area (Å²) in [4.78, 5) is 11.2. The van der Waals surface area contributed by atoms with Gasteiger partial charge in [0.1, 0.15) is 0 Å². The summed E-state index contributed by atoms with van der Waals surface area (Å²) in [6.45, 7) is 2.05. The van der Waals surface area contributed by atoms with Crippen LogP contribution in [-0.2, 0) is 9.53 Å². The minimum Gasteiger partial charge on any atom is -0.466 e. The fourth-order valence-electron chi connectivity index (χ4n) is 2.07. The molecule has 0 saturated heterocycles. The Bertz CT molecular complexity index is 236. The Labute approximate surface area is 94.3 Å². The van der Waals surface area contributed by atoms with Gasteiger partial charge in [0.05, 0.1) is 13.0 Å². The first-order valence-corrected chi connectivity index (χ1v) is 5.73. The van der Waals surface area contributed by atoms with E-state index >= 15 is 0 Å². The number of alkyl halides is 2. The van der Waals surface area contributed by atoms with E-state index in [1.807, 2.05) is 0 Å². The molecule has 0 aliphatic heterocycles. The van der Waals surface area contributed by atoms with Gasteiger partial charge in [0.15, 0.2) is 0 Å². The Morgan fingerprint density at radius 1 is 1.50 bits per heavy atom. The maximum Gasteiger partial charge on any atom is 0.307 e. The third-order valence-electron chi connectivity index (χ3n) is 3.07. The molecule has 0 heterocycles. The second-order valence-electron chi connectivity index (χ2n) is 4.37. The van der Waals surface area contributed by atoms with E-state index < -0.39 is 5.92 Å². The minimum absolute atomic E-state index is 0.0176. The summed E-state index contributed by atoms with van der Waals surface area (Å²) in [6, 6.07) is -0.352. The molecular formula is C11H19F2NO2. The van der Waals surface area contributed by atoms with Crippen LogP contribution in [0, 0.1) is 5.92 Å². The Balaban J connectivity index is 2.33. The molecule has 0 aromatic rings. The van der Waals surface area contributed by atoms with E-state index in [2.05, 4.69) is 0 Å². The van der Waals surface area contributed by atoms with E-state index in [0.717, 1.165) is 0 Å². The Morgan fingerprint density at radius 2 is 2.06 bits per heavy atom. The van der Waals surface area contributed by atoms with Crippen LogP contribution >= 0.6 is 0 Å². The number of carbonyl (C=O) groups is 1. The number of rotatable bonds is 4. The normalized spacial score (nSPS) is 22.8. The van der Waals surface area contributed by atoms with Gasteiger partial charge in [-0.3, -0.25) is 4.79 Å². The third kappa shape index (κ3) is 4.04. The molecule has 94 valence electrons. The zero-order valence-corrected chi connectivity index (χ0v) is 9.55. The molecular weight excluding hydrogens is 216 g/mol. The zero-order valence-electron chi connectivity index (χ0n) is 9.55. The van der Waals surface area contributed by atoms with Gasteiger partial charge < -0.3 is 10.5 Å². The summed E-state index contributed by atoms with van der Waals surface area (Å²) in [6.07, 6.45) is 0.688. The summed E-state index contributed by atoms with van der Waals surface area (Å²) in [5.74, 6) is -2.86. The average molecular weight is 235 g/mol. The molecule has 5 heteroatoms. The van der Waals surface area contributed by atoms with E-state index in [1.54, 1.807) is 6.92 Å². The Hall–Kier alpha value is -0.710. The number of ether oxygens (including phenoxy) is 1. The number of nitrogens with two attached hydrogens (primary N) is 1. The van der Waals surface area contributed by atoms with Gasteiger partial charge in [0, 0.05) is 18.9 Å².